The van der Waals surface area contributed by atoms with Crippen molar-refractivity contribution in [3.63, 3.8) is 0 Å². The van der Waals surface area contributed by atoms with Gasteiger partial charge in [-0.1, -0.05) is 245 Å². The lowest BCUT2D eigenvalue weighted by molar-refractivity contribution is -0.870. The maximum Gasteiger partial charge on any atom is 0.306 e. The Morgan fingerprint density at radius 3 is 0.988 bits per heavy atom. The van der Waals surface area contributed by atoms with E-state index in [-0.39, 0.29) is 26.1 Å². The van der Waals surface area contributed by atoms with E-state index in [1.165, 1.54) is 0 Å². The van der Waals surface area contributed by atoms with E-state index in [9.17, 15) is 19.0 Å². The number of unbranched alkanes of at least 4 members (excludes halogenated alkanes) is 4. The van der Waals surface area contributed by atoms with Crippen molar-refractivity contribution in [1.82, 2.24) is 0 Å². The number of carbonyl (C=O) groups excluding carboxylic acids is 2. The van der Waals surface area contributed by atoms with Crippen molar-refractivity contribution in [2.24, 2.45) is 0 Å². The summed E-state index contributed by atoms with van der Waals surface area (Å²) in [4.78, 5) is 37.8. The molecule has 0 aromatic carbocycles. The van der Waals surface area contributed by atoms with Crippen LogP contribution >= 0.6 is 7.82 Å². The molecular formula is C74H112NO8P. The summed E-state index contributed by atoms with van der Waals surface area (Å²) in [5.74, 6) is -0.983. The van der Waals surface area contributed by atoms with Gasteiger partial charge in [0, 0.05) is 12.8 Å². The number of allylic oxidation sites excluding steroid dienone is 36. The van der Waals surface area contributed by atoms with Crippen LogP contribution in [0.1, 0.15) is 181 Å². The van der Waals surface area contributed by atoms with E-state index in [4.69, 9.17) is 18.5 Å². The largest absolute Gasteiger partial charge is 0.756 e. The molecule has 466 valence electrons. The van der Waals surface area contributed by atoms with Crippen LogP contribution in [-0.2, 0) is 32.7 Å². The molecule has 0 bridgehead atoms. The van der Waals surface area contributed by atoms with E-state index in [1.807, 2.05) is 33.3 Å². The number of rotatable bonds is 54. The number of quaternary nitrogens is 1. The summed E-state index contributed by atoms with van der Waals surface area (Å²) in [5.41, 5.74) is 0. The molecule has 0 fully saturated rings. The van der Waals surface area contributed by atoms with Crippen molar-refractivity contribution in [3.05, 3.63) is 219 Å². The third-order valence-electron chi connectivity index (χ3n) is 12.0. The molecule has 10 heteroatoms. The normalized spacial score (nSPS) is 14.7. The fourth-order valence-corrected chi connectivity index (χ4v) is 7.98. The van der Waals surface area contributed by atoms with Crippen molar-refractivity contribution in [3.8, 4) is 0 Å². The van der Waals surface area contributed by atoms with Gasteiger partial charge in [0.25, 0.3) is 7.82 Å². The Kier molecular flexibility index (Phi) is 57.7. The molecule has 0 heterocycles. The van der Waals surface area contributed by atoms with Gasteiger partial charge < -0.3 is 27.9 Å². The Bertz CT molecular complexity index is 2210. The van der Waals surface area contributed by atoms with Gasteiger partial charge >= 0.3 is 11.9 Å². The lowest BCUT2D eigenvalue weighted by Crippen LogP contribution is -2.37. The molecule has 0 spiro atoms. The van der Waals surface area contributed by atoms with Crippen LogP contribution in [0.2, 0.25) is 0 Å². The number of phosphoric ester groups is 1. The molecule has 0 aliphatic rings. The molecule has 0 aromatic heterocycles. The molecule has 0 saturated carbocycles. The standard InChI is InChI=1S/C74H112NO8P/c1-6-8-10-12-14-16-18-20-22-24-26-27-28-29-30-31-32-33-34-35-36-37-38-39-40-41-42-43-44-45-46-47-49-51-53-55-57-59-61-63-65-67-74(77)83-72(71-82-84(78,79)81-69-68-75(3,4)5)70-80-73(76)66-64-62-60-58-56-54-52-50-48-25-23-21-19-17-15-13-11-9-7-2/h8-11,14-17,20-23,26-27,29-30,32-33,35-36,38-39,41-42,44-45,47-50,53-56,60,62,72H,6-7,12-13,18-19,24-25,28,31,34,37,40,43,46,51-52,57-59,61,63-71H2,1-5H3/b10-8-,11-9-,16-14-,17-15-,22-20-,23-21-,27-26-,30-29-,33-32-,36-35-,39-38-,42-41-,45-44-,49-47-,50-48-,55-53-,56-54-,62-60-. The second-order valence-corrected chi connectivity index (χ2v) is 22.4. The fourth-order valence-electron chi connectivity index (χ4n) is 7.25. The van der Waals surface area contributed by atoms with Gasteiger partial charge in [-0.25, -0.2) is 0 Å². The van der Waals surface area contributed by atoms with Crippen LogP contribution in [0.25, 0.3) is 0 Å². The van der Waals surface area contributed by atoms with Gasteiger partial charge in [0.2, 0.25) is 0 Å². The van der Waals surface area contributed by atoms with Gasteiger partial charge in [-0.3, -0.25) is 14.2 Å². The predicted molar refractivity (Wildman–Crippen MR) is 359 cm³/mol. The van der Waals surface area contributed by atoms with E-state index in [1.54, 1.807) is 0 Å². The van der Waals surface area contributed by atoms with E-state index in [0.29, 0.717) is 23.9 Å². The molecule has 84 heavy (non-hydrogen) atoms. The molecule has 0 aliphatic heterocycles. The quantitative estimate of drug-likeness (QED) is 0.0195. The molecule has 0 radical (unpaired) electrons. The predicted octanol–water partition coefficient (Wildman–Crippen LogP) is 19.8. The first-order valence-corrected chi connectivity index (χ1v) is 32.9. The number of esters is 2. The minimum atomic E-state index is -4.68. The fraction of sp³-hybridized carbons (Fsp3) is 0.486. The van der Waals surface area contributed by atoms with Crippen molar-refractivity contribution >= 4 is 19.8 Å². The van der Waals surface area contributed by atoms with Crippen LogP contribution in [0.4, 0.5) is 0 Å². The summed E-state index contributed by atoms with van der Waals surface area (Å²) in [6.45, 7) is 3.84. The highest BCUT2D eigenvalue weighted by atomic mass is 31.2. The highest BCUT2D eigenvalue weighted by molar-refractivity contribution is 7.45. The van der Waals surface area contributed by atoms with Crippen LogP contribution in [0.3, 0.4) is 0 Å². The number of carbonyl (C=O) groups is 2. The van der Waals surface area contributed by atoms with Gasteiger partial charge in [-0.2, -0.15) is 0 Å². The first-order chi connectivity index (χ1) is 41.0. The zero-order valence-electron chi connectivity index (χ0n) is 52.7. The first kappa shape index (κ1) is 78.3. The summed E-state index contributed by atoms with van der Waals surface area (Å²) in [6, 6.07) is 0. The van der Waals surface area contributed by atoms with Crippen molar-refractivity contribution in [1.29, 1.82) is 0 Å². The average Bonchev–Trinajstić information content (AvgIpc) is 3.61. The summed E-state index contributed by atoms with van der Waals surface area (Å²) in [7, 11) is 1.07. The number of phosphoric acid groups is 1. The third-order valence-corrected chi connectivity index (χ3v) is 13.0. The van der Waals surface area contributed by atoms with Gasteiger partial charge in [0.05, 0.1) is 27.7 Å². The summed E-state index contributed by atoms with van der Waals surface area (Å²) < 4.78 is 34.0. The molecule has 0 rings (SSSR count). The lowest BCUT2D eigenvalue weighted by Gasteiger charge is -2.28. The number of likely N-dealkylation sites (N-methyl/N-ethyl adjacent to an activating group) is 1. The van der Waals surface area contributed by atoms with Crippen LogP contribution in [-0.4, -0.2) is 70.0 Å². The Balaban J connectivity index is 4.29. The monoisotopic (exact) mass is 1170 g/mol. The van der Waals surface area contributed by atoms with Crippen LogP contribution in [0.5, 0.6) is 0 Å². The number of hydrogen-bond donors (Lipinski definition) is 0. The maximum absolute atomic E-state index is 12.8. The van der Waals surface area contributed by atoms with E-state index in [0.717, 1.165) is 141 Å². The van der Waals surface area contributed by atoms with E-state index in [2.05, 4.69) is 220 Å². The van der Waals surface area contributed by atoms with Crippen LogP contribution in [0.15, 0.2) is 219 Å². The Morgan fingerprint density at radius 1 is 0.369 bits per heavy atom. The Morgan fingerprint density at radius 2 is 0.667 bits per heavy atom. The number of nitrogens with zero attached hydrogens (tertiary/aromatic N) is 1. The topological polar surface area (TPSA) is 111 Å². The lowest BCUT2D eigenvalue weighted by atomic mass is 10.1. The first-order valence-electron chi connectivity index (χ1n) is 31.4. The zero-order valence-corrected chi connectivity index (χ0v) is 53.6. The van der Waals surface area contributed by atoms with E-state index < -0.39 is 32.5 Å². The molecule has 0 saturated heterocycles. The Hall–Kier alpha value is -5.67. The minimum absolute atomic E-state index is 0.0606. The van der Waals surface area contributed by atoms with E-state index >= 15 is 0 Å². The van der Waals surface area contributed by atoms with Gasteiger partial charge in [-0.05, 0) is 141 Å². The second-order valence-electron chi connectivity index (χ2n) is 20.9. The number of hydrogen-bond acceptors (Lipinski definition) is 8. The molecule has 0 aliphatic carbocycles. The summed E-state index contributed by atoms with van der Waals surface area (Å²) in [5, 5.41) is 0. The van der Waals surface area contributed by atoms with Crippen molar-refractivity contribution in [2.75, 3.05) is 47.5 Å². The number of ether oxygens (including phenoxy) is 2. The van der Waals surface area contributed by atoms with Gasteiger partial charge in [0.1, 0.15) is 19.8 Å². The maximum atomic E-state index is 12.8. The SMILES string of the molecule is CC/C=C\C/C=C\C/C=C\C/C=C\C/C=C\C/C=C\C/C=C\C/C=C\C/C=C\C/C=C\C/C=C\C/C=C\CCCCCCC(=O)OC(COC(=O)CC/C=C\C/C=C\C/C=C\C/C=C\C/C=C\C/C=C\CC)COP(=O)([O-])OCC[N+](C)(C)C. The highest BCUT2D eigenvalue weighted by Crippen LogP contribution is 2.38. The Labute approximate surface area is 512 Å². The molecule has 0 amide bonds. The van der Waals surface area contributed by atoms with Crippen LogP contribution < -0.4 is 4.89 Å². The highest BCUT2D eigenvalue weighted by Gasteiger charge is 2.21. The molecular weight excluding hydrogens is 1060 g/mol. The average molecular weight is 1170 g/mol. The summed E-state index contributed by atoms with van der Waals surface area (Å²) >= 11 is 0. The summed E-state index contributed by atoms with van der Waals surface area (Å²) in [6.07, 6.45) is 100. The van der Waals surface area contributed by atoms with Crippen molar-refractivity contribution < 1.29 is 42.1 Å². The van der Waals surface area contributed by atoms with Gasteiger partial charge in [0.15, 0.2) is 6.10 Å². The molecule has 2 unspecified atom stereocenters. The minimum Gasteiger partial charge on any atom is -0.756 e. The zero-order chi connectivity index (χ0) is 61.2. The molecule has 0 aromatic rings. The van der Waals surface area contributed by atoms with Crippen molar-refractivity contribution in [2.45, 2.75) is 187 Å². The third kappa shape index (κ3) is 65.5. The second kappa shape index (κ2) is 61.9. The molecule has 0 N–H and O–H groups in total. The molecule has 2 atom stereocenters. The van der Waals surface area contributed by atoms with Crippen LogP contribution in [0, 0.1) is 0 Å². The smallest absolute Gasteiger partial charge is 0.306 e. The molecule has 9 nitrogen and oxygen atoms in total. The van der Waals surface area contributed by atoms with Gasteiger partial charge in [-0.15, -0.1) is 0 Å².